The molecule has 4 rings (SSSR count). The molecule has 0 fully saturated rings. The normalized spacial score (nSPS) is 20.0. The van der Waals surface area contributed by atoms with E-state index >= 15 is 0 Å². The minimum Gasteiger partial charge on any atom is -0.391 e. The fourth-order valence-electron chi connectivity index (χ4n) is 3.84. The molecule has 0 saturated heterocycles. The maximum atomic E-state index is 14.7. The summed E-state index contributed by atoms with van der Waals surface area (Å²) >= 11 is 0. The number of aliphatic hydroxyl groups is 1. The summed E-state index contributed by atoms with van der Waals surface area (Å²) in [5.41, 5.74) is -0.874. The van der Waals surface area contributed by atoms with Crippen molar-refractivity contribution in [1.29, 1.82) is 5.26 Å². The molecule has 3 heterocycles. The van der Waals surface area contributed by atoms with Crippen LogP contribution in [0.3, 0.4) is 0 Å². The number of nitrogens with zero attached hydrogens (tertiary/aromatic N) is 4. The minimum absolute atomic E-state index is 0.0537. The minimum atomic E-state index is -3.21. The van der Waals surface area contributed by atoms with Gasteiger partial charge in [0.1, 0.15) is 23.1 Å². The van der Waals surface area contributed by atoms with Gasteiger partial charge in [-0.2, -0.15) is 19.1 Å². The molecule has 2 aromatic rings. The number of urea groups is 1. The summed E-state index contributed by atoms with van der Waals surface area (Å²) < 4.78 is 58.2. The Morgan fingerprint density at radius 1 is 1.37 bits per heavy atom. The maximum Gasteiger partial charge on any atom is 0.322 e. The number of fused-ring (bicyclic) bond motifs is 3. The molecule has 30 heavy (non-hydrogen) atoms. The molecule has 2 aliphatic rings. The van der Waals surface area contributed by atoms with Crippen LogP contribution in [0.5, 0.6) is 0 Å². The number of benzene rings is 1. The third-order valence-corrected chi connectivity index (χ3v) is 5.35. The van der Waals surface area contributed by atoms with E-state index in [1.54, 1.807) is 0 Å². The van der Waals surface area contributed by atoms with Crippen LogP contribution in [0.2, 0.25) is 0 Å². The van der Waals surface area contributed by atoms with Gasteiger partial charge in [-0.25, -0.2) is 13.6 Å². The number of anilines is 1. The molecule has 0 radical (unpaired) electrons. The fraction of sp³-hybridized carbons (Fsp3) is 0.421. The van der Waals surface area contributed by atoms with Crippen LogP contribution in [0, 0.1) is 23.0 Å². The first kappa shape index (κ1) is 20.2. The van der Waals surface area contributed by atoms with E-state index in [0.29, 0.717) is 5.69 Å². The number of rotatable bonds is 1. The summed E-state index contributed by atoms with van der Waals surface area (Å²) in [5.74, 6) is -5.46. The quantitative estimate of drug-likeness (QED) is 0.690. The second-order valence-corrected chi connectivity index (χ2v) is 7.35. The molecule has 1 aromatic carbocycles. The Kier molecular flexibility index (Phi) is 4.89. The first-order valence-corrected chi connectivity index (χ1v) is 9.30. The predicted octanol–water partition coefficient (Wildman–Crippen LogP) is 2.87. The second kappa shape index (κ2) is 7.28. The molecule has 1 atom stereocenters. The smallest absolute Gasteiger partial charge is 0.322 e. The average molecular weight is 423 g/mol. The van der Waals surface area contributed by atoms with Crippen molar-refractivity contribution in [3.05, 3.63) is 46.3 Å². The summed E-state index contributed by atoms with van der Waals surface area (Å²) in [6.45, 7) is -0.0741. The zero-order valence-corrected chi connectivity index (χ0v) is 15.6. The molecule has 158 valence electrons. The van der Waals surface area contributed by atoms with Gasteiger partial charge in [0, 0.05) is 24.9 Å². The van der Waals surface area contributed by atoms with Crippen molar-refractivity contribution in [2.75, 3.05) is 11.9 Å². The Balaban J connectivity index is 1.60. The lowest BCUT2D eigenvalue weighted by Gasteiger charge is -2.28. The third-order valence-electron chi connectivity index (χ3n) is 5.35. The van der Waals surface area contributed by atoms with Gasteiger partial charge in [0.05, 0.1) is 30.6 Å². The first-order chi connectivity index (χ1) is 14.2. The number of amides is 2. The van der Waals surface area contributed by atoms with Crippen LogP contribution in [0.4, 0.5) is 28.0 Å². The lowest BCUT2D eigenvalue weighted by molar-refractivity contribution is -0.0248. The summed E-state index contributed by atoms with van der Waals surface area (Å²) in [5, 5.41) is 25.2. The molecule has 0 bridgehead atoms. The fourth-order valence-corrected chi connectivity index (χ4v) is 3.84. The molecule has 2 N–H and O–H groups in total. The number of alkyl halides is 2. The monoisotopic (exact) mass is 423 g/mol. The highest BCUT2D eigenvalue weighted by molar-refractivity contribution is 5.90. The van der Waals surface area contributed by atoms with Gasteiger partial charge in [-0.15, -0.1) is 0 Å². The van der Waals surface area contributed by atoms with E-state index in [1.807, 2.05) is 0 Å². The van der Waals surface area contributed by atoms with E-state index in [2.05, 4.69) is 10.4 Å². The first-order valence-electron chi connectivity index (χ1n) is 9.30. The van der Waals surface area contributed by atoms with Crippen LogP contribution >= 0.6 is 0 Å². The number of halogens is 4. The van der Waals surface area contributed by atoms with Gasteiger partial charge in [-0.1, -0.05) is 0 Å². The molecule has 0 saturated carbocycles. The largest absolute Gasteiger partial charge is 0.391 e. The molecule has 11 heteroatoms. The number of nitriles is 1. The Bertz CT molecular complexity index is 1060. The van der Waals surface area contributed by atoms with Gasteiger partial charge in [-0.05, 0) is 18.6 Å². The molecule has 0 aliphatic carbocycles. The number of nitrogens with one attached hydrogen (secondary N) is 1. The Hall–Kier alpha value is -3.13. The van der Waals surface area contributed by atoms with E-state index in [0.717, 1.165) is 16.8 Å². The van der Waals surface area contributed by atoms with E-state index in [9.17, 15) is 27.5 Å². The highest BCUT2D eigenvalue weighted by Gasteiger charge is 2.43. The molecule has 7 nitrogen and oxygen atoms in total. The number of carbonyl (C=O) groups is 1. The molecule has 2 aliphatic heterocycles. The van der Waals surface area contributed by atoms with Crippen molar-refractivity contribution in [2.24, 2.45) is 0 Å². The summed E-state index contributed by atoms with van der Waals surface area (Å²) in [6.07, 6.45) is -1.32. The van der Waals surface area contributed by atoms with Crippen molar-refractivity contribution in [1.82, 2.24) is 14.7 Å². The van der Waals surface area contributed by atoms with Gasteiger partial charge >= 0.3 is 6.03 Å². The van der Waals surface area contributed by atoms with Crippen molar-refractivity contribution in [3.8, 4) is 6.07 Å². The van der Waals surface area contributed by atoms with Gasteiger partial charge in [0.25, 0.3) is 5.92 Å². The number of hydrogen-bond donors (Lipinski definition) is 2. The third kappa shape index (κ3) is 3.37. The van der Waals surface area contributed by atoms with E-state index in [1.165, 1.54) is 11.0 Å². The molecular weight excluding hydrogens is 406 g/mol. The Morgan fingerprint density at radius 2 is 2.13 bits per heavy atom. The van der Waals surface area contributed by atoms with E-state index in [-0.39, 0.29) is 49.4 Å². The second-order valence-electron chi connectivity index (χ2n) is 7.35. The Labute approximate surface area is 168 Å². The number of hydrogen-bond acceptors (Lipinski definition) is 4. The van der Waals surface area contributed by atoms with Gasteiger partial charge in [0.15, 0.2) is 5.82 Å². The Morgan fingerprint density at radius 3 is 2.87 bits per heavy atom. The van der Waals surface area contributed by atoms with Crippen LogP contribution in [0.1, 0.15) is 35.4 Å². The van der Waals surface area contributed by atoms with Gasteiger partial charge < -0.3 is 15.3 Å². The lowest BCUT2D eigenvalue weighted by Crippen LogP contribution is -2.39. The van der Waals surface area contributed by atoms with Crippen LogP contribution in [0.25, 0.3) is 0 Å². The van der Waals surface area contributed by atoms with Crippen molar-refractivity contribution in [3.63, 3.8) is 0 Å². The van der Waals surface area contributed by atoms with Crippen molar-refractivity contribution in [2.45, 2.75) is 44.4 Å². The molecule has 0 spiro atoms. The predicted molar refractivity (Wildman–Crippen MR) is 95.6 cm³/mol. The summed E-state index contributed by atoms with van der Waals surface area (Å²) in [7, 11) is 0. The van der Waals surface area contributed by atoms with E-state index < -0.39 is 41.7 Å². The SMILES string of the molecule is N#Cc1c(F)ccc(NC(=O)N2CCc3nn4c(c3C2)C(F)(F)CC[C@@H](O)C4)c1F. The average Bonchev–Trinajstić information content (AvgIpc) is 3.01. The molecular formula is C19H17F4N5O2. The molecule has 1 aromatic heterocycles. The number of aliphatic hydroxyl groups excluding tert-OH is 1. The lowest BCUT2D eigenvalue weighted by atomic mass is 10.00. The molecule has 2 amide bonds. The highest BCUT2D eigenvalue weighted by Crippen LogP contribution is 2.40. The topological polar surface area (TPSA) is 94.2 Å². The van der Waals surface area contributed by atoms with Crippen molar-refractivity contribution >= 4 is 11.7 Å². The van der Waals surface area contributed by atoms with Crippen LogP contribution in [-0.2, 0) is 25.4 Å². The van der Waals surface area contributed by atoms with E-state index in [4.69, 9.17) is 5.26 Å². The zero-order valence-electron chi connectivity index (χ0n) is 15.6. The summed E-state index contributed by atoms with van der Waals surface area (Å²) in [6, 6.07) is 2.46. The van der Waals surface area contributed by atoms with Crippen LogP contribution in [0.15, 0.2) is 12.1 Å². The van der Waals surface area contributed by atoms with Gasteiger partial charge in [-0.3, -0.25) is 4.68 Å². The van der Waals surface area contributed by atoms with Crippen LogP contribution < -0.4 is 5.32 Å². The van der Waals surface area contributed by atoms with Crippen molar-refractivity contribution < 1.29 is 27.5 Å². The highest BCUT2D eigenvalue weighted by atomic mass is 19.3. The van der Waals surface area contributed by atoms with Gasteiger partial charge in [0.2, 0.25) is 0 Å². The maximum absolute atomic E-state index is 14.7. The number of carbonyl (C=O) groups excluding carboxylic acids is 1. The number of aromatic nitrogens is 2. The van der Waals surface area contributed by atoms with Crippen LogP contribution in [-0.4, -0.2) is 38.5 Å². The molecule has 0 unspecified atom stereocenters. The standard InChI is InChI=1S/C19H17F4N5O2/c20-13-1-2-15(16(21)11(13)7-24)25-18(30)27-6-4-14-12(9-27)17-19(22,23)5-3-10(29)8-28(17)26-14/h1-2,10,29H,3-6,8-9H2,(H,25,30)/t10-/m1/s1. The summed E-state index contributed by atoms with van der Waals surface area (Å²) in [4.78, 5) is 13.8. The zero-order chi connectivity index (χ0) is 21.6.